The first-order valence-electron chi connectivity index (χ1n) is 17.2. The lowest BCUT2D eigenvalue weighted by atomic mass is 10.1. The molecule has 9 rings (SSSR count). The zero-order valence-electron chi connectivity index (χ0n) is 28.2. The smallest absolute Gasteiger partial charge is 0.235 e. The van der Waals surface area contributed by atoms with Crippen LogP contribution in [0.3, 0.4) is 0 Å². The molecule has 0 fully saturated rings. The lowest BCUT2D eigenvalue weighted by molar-refractivity contribution is 0.958. The van der Waals surface area contributed by atoms with Gasteiger partial charge in [0.15, 0.2) is 0 Å². The summed E-state index contributed by atoms with van der Waals surface area (Å²) in [6.45, 7) is 6.43. The molecule has 0 unspecified atom stereocenters. The number of rotatable bonds is 7. The highest BCUT2D eigenvalue weighted by atomic mass is 15.2. The fraction of sp³-hybridized carbons (Fsp3) is 0.0213. The first-order valence-corrected chi connectivity index (χ1v) is 17.2. The van der Waals surface area contributed by atoms with Gasteiger partial charge in [-0.3, -0.25) is 4.57 Å². The Kier molecular flexibility index (Phi) is 7.48. The predicted octanol–water partition coefficient (Wildman–Crippen LogP) is 12.0. The van der Waals surface area contributed by atoms with Crippen molar-refractivity contribution in [2.24, 2.45) is 0 Å². The minimum atomic E-state index is 0.603. The Morgan fingerprint density at radius 2 is 1.12 bits per heavy atom. The predicted molar refractivity (Wildman–Crippen MR) is 214 cm³/mol. The Morgan fingerprint density at radius 1 is 0.510 bits per heavy atom. The van der Waals surface area contributed by atoms with Crippen molar-refractivity contribution < 1.29 is 0 Å². The van der Waals surface area contributed by atoms with Gasteiger partial charge in [0, 0.05) is 38.5 Å². The molecule has 9 aromatic rings. The summed E-state index contributed by atoms with van der Waals surface area (Å²) in [6, 6.07) is 55.2. The normalized spacial score (nSPS) is 11.6. The van der Waals surface area contributed by atoms with E-state index in [0.717, 1.165) is 50.2 Å². The van der Waals surface area contributed by atoms with Crippen LogP contribution >= 0.6 is 0 Å². The van der Waals surface area contributed by atoms with Crippen molar-refractivity contribution in [1.29, 1.82) is 0 Å². The molecule has 51 heavy (non-hydrogen) atoms. The minimum absolute atomic E-state index is 0.603. The van der Waals surface area contributed by atoms with Crippen LogP contribution in [0.25, 0.3) is 85.1 Å². The molecule has 0 aliphatic rings. The van der Waals surface area contributed by atoms with E-state index in [9.17, 15) is 0 Å². The van der Waals surface area contributed by atoms with Crippen LogP contribution < -0.4 is 0 Å². The van der Waals surface area contributed by atoms with Gasteiger partial charge in [-0.1, -0.05) is 134 Å². The molecule has 0 saturated heterocycles. The molecule has 3 heterocycles. The van der Waals surface area contributed by atoms with Gasteiger partial charge in [0.25, 0.3) is 0 Å². The monoisotopic (exact) mass is 654 g/mol. The number of fused-ring (bicyclic) bond motifs is 4. The van der Waals surface area contributed by atoms with Crippen LogP contribution in [0.4, 0.5) is 0 Å². The average molecular weight is 655 g/mol. The van der Waals surface area contributed by atoms with Crippen molar-refractivity contribution in [3.63, 3.8) is 0 Å². The van der Waals surface area contributed by atoms with Crippen molar-refractivity contribution in [3.05, 3.63) is 187 Å². The maximum absolute atomic E-state index is 5.16. The van der Waals surface area contributed by atoms with Gasteiger partial charge in [0.05, 0.1) is 33.6 Å². The summed E-state index contributed by atoms with van der Waals surface area (Å²) in [7, 11) is 0. The van der Waals surface area contributed by atoms with Crippen LogP contribution in [0.15, 0.2) is 164 Å². The van der Waals surface area contributed by atoms with E-state index in [1.807, 2.05) is 42.5 Å². The molecule has 4 heteroatoms. The van der Waals surface area contributed by atoms with Crippen molar-refractivity contribution in [2.45, 2.75) is 6.92 Å². The highest BCUT2D eigenvalue weighted by Gasteiger charge is 2.19. The molecule has 0 spiro atoms. The molecule has 0 saturated carbocycles. The summed E-state index contributed by atoms with van der Waals surface area (Å²) < 4.78 is 4.50. The summed E-state index contributed by atoms with van der Waals surface area (Å²) in [4.78, 5) is 10.3. The molecule has 0 aliphatic carbocycles. The average Bonchev–Trinajstić information content (AvgIpc) is 3.69. The number of hydrogen-bond donors (Lipinski definition) is 0. The molecule has 3 aromatic heterocycles. The highest BCUT2D eigenvalue weighted by molar-refractivity contribution is 6.10. The van der Waals surface area contributed by atoms with E-state index in [0.29, 0.717) is 5.95 Å². The Labute approximate surface area is 296 Å². The molecule has 4 nitrogen and oxygen atoms in total. The summed E-state index contributed by atoms with van der Waals surface area (Å²) in [5.74, 6) is 0.603. The molecule has 0 aliphatic heterocycles. The Bertz CT molecular complexity index is 2710. The van der Waals surface area contributed by atoms with E-state index in [-0.39, 0.29) is 0 Å². The lowest BCUT2D eigenvalue weighted by Gasteiger charge is -2.12. The second kappa shape index (κ2) is 12.6. The molecular weight excluding hydrogens is 621 g/mol. The first-order chi connectivity index (χ1) is 25.2. The van der Waals surface area contributed by atoms with Gasteiger partial charge in [-0.25, -0.2) is 9.97 Å². The Hall–Kier alpha value is -6.78. The van der Waals surface area contributed by atoms with Crippen LogP contribution in [0.1, 0.15) is 22.4 Å². The molecule has 0 N–H and O–H groups in total. The van der Waals surface area contributed by atoms with E-state index in [1.165, 1.54) is 33.1 Å². The third kappa shape index (κ3) is 5.34. The Balaban J connectivity index is 1.20. The number of benzene rings is 6. The van der Waals surface area contributed by atoms with Gasteiger partial charge >= 0.3 is 0 Å². The van der Waals surface area contributed by atoms with E-state index >= 15 is 0 Å². The first kappa shape index (κ1) is 30.3. The number of hydrogen-bond acceptors (Lipinski definition) is 2. The van der Waals surface area contributed by atoms with E-state index in [4.69, 9.17) is 9.97 Å². The fourth-order valence-corrected chi connectivity index (χ4v) is 7.24. The molecule has 0 bridgehead atoms. The zero-order chi connectivity index (χ0) is 34.3. The minimum Gasteiger partial charge on any atom is -0.309 e. The zero-order valence-corrected chi connectivity index (χ0v) is 28.2. The van der Waals surface area contributed by atoms with Gasteiger partial charge in [0.2, 0.25) is 5.95 Å². The second-order valence-corrected chi connectivity index (χ2v) is 12.8. The number of aromatic nitrogens is 4. The van der Waals surface area contributed by atoms with Gasteiger partial charge in [-0.2, -0.15) is 0 Å². The number of nitrogens with zero attached hydrogens (tertiary/aromatic N) is 4. The molecule has 0 amide bonds. The second-order valence-electron chi connectivity index (χ2n) is 12.8. The third-order valence-electron chi connectivity index (χ3n) is 9.60. The molecule has 0 radical (unpaired) electrons. The van der Waals surface area contributed by atoms with E-state index < -0.39 is 0 Å². The van der Waals surface area contributed by atoms with Gasteiger partial charge in [0.1, 0.15) is 0 Å². The highest BCUT2D eigenvalue weighted by Crippen LogP contribution is 2.35. The van der Waals surface area contributed by atoms with Crippen molar-refractivity contribution in [2.75, 3.05) is 0 Å². The quantitative estimate of drug-likeness (QED) is 0.171. The topological polar surface area (TPSA) is 35.6 Å². The van der Waals surface area contributed by atoms with Crippen LogP contribution in [-0.4, -0.2) is 19.1 Å². The van der Waals surface area contributed by atoms with Gasteiger partial charge in [-0.05, 0) is 66.6 Å². The van der Waals surface area contributed by atoms with Crippen molar-refractivity contribution in [3.8, 4) is 34.2 Å². The fourth-order valence-electron chi connectivity index (χ4n) is 7.24. The SMILES string of the molecule is C=Cc1c(/C=C/c2ccc3c(c2)c2ccccc2n3-c2cccc(C)c2)c2ccccc2n1-c1nc(-c2ccccc2)cc(-c2ccccc2)n1. The summed E-state index contributed by atoms with van der Waals surface area (Å²) in [6.07, 6.45) is 6.32. The maximum Gasteiger partial charge on any atom is 0.235 e. The van der Waals surface area contributed by atoms with Crippen LogP contribution in [0, 0.1) is 6.92 Å². The van der Waals surface area contributed by atoms with Gasteiger partial charge in [-0.15, -0.1) is 0 Å². The third-order valence-corrected chi connectivity index (χ3v) is 9.60. The number of aryl methyl sites for hydroxylation is 1. The van der Waals surface area contributed by atoms with Crippen LogP contribution in [0.2, 0.25) is 0 Å². The summed E-state index contributed by atoms with van der Waals surface area (Å²) in [5.41, 5.74) is 12.7. The summed E-state index contributed by atoms with van der Waals surface area (Å²) >= 11 is 0. The van der Waals surface area contributed by atoms with Crippen LogP contribution in [-0.2, 0) is 0 Å². The number of para-hydroxylation sites is 2. The van der Waals surface area contributed by atoms with Crippen LogP contribution in [0.5, 0.6) is 0 Å². The van der Waals surface area contributed by atoms with Crippen molar-refractivity contribution >= 4 is 50.9 Å². The van der Waals surface area contributed by atoms with E-state index in [2.05, 4.69) is 156 Å². The standard InChI is InChI=1S/C47H34N4/c1-3-43-39(27-25-33-26-28-46-40(30-33)38-22-11-12-23-44(38)50(46)36-20-14-15-32(2)29-36)37-21-10-13-24-45(37)51(43)47-48-41(34-16-6-4-7-17-34)31-42(49-47)35-18-8-5-9-19-35/h3-31H,1H2,2H3/b27-25+. The lowest BCUT2D eigenvalue weighted by Crippen LogP contribution is -2.05. The molecule has 6 aromatic carbocycles. The summed E-state index contributed by atoms with van der Waals surface area (Å²) in [5, 5.41) is 3.56. The maximum atomic E-state index is 5.16. The largest absolute Gasteiger partial charge is 0.309 e. The van der Waals surface area contributed by atoms with Gasteiger partial charge < -0.3 is 4.57 Å². The van der Waals surface area contributed by atoms with E-state index in [1.54, 1.807) is 0 Å². The molecule has 0 atom stereocenters. The Morgan fingerprint density at radius 3 is 1.78 bits per heavy atom. The molecular formula is C47H34N4. The molecule has 242 valence electrons. The van der Waals surface area contributed by atoms with Crippen molar-refractivity contribution in [1.82, 2.24) is 19.1 Å².